The molecule has 0 aliphatic rings. The molecule has 84 valence electrons. The molecular formula is C11H19N3O. The first-order chi connectivity index (χ1) is 7.19. The summed E-state index contributed by atoms with van der Waals surface area (Å²) in [6, 6.07) is 1.96. The van der Waals surface area contributed by atoms with Crippen LogP contribution < -0.4 is 16.0 Å². The fraction of sp³-hybridized carbons (Fsp3) is 0.455. The number of nitrogens with one attached hydrogen (secondary N) is 3. The molecular weight excluding hydrogens is 190 g/mol. The number of rotatable bonds is 4. The van der Waals surface area contributed by atoms with E-state index in [-0.39, 0.29) is 6.61 Å². The van der Waals surface area contributed by atoms with E-state index >= 15 is 0 Å². The van der Waals surface area contributed by atoms with Crippen LogP contribution in [-0.4, -0.2) is 26.2 Å². The Morgan fingerprint density at radius 1 is 1.07 bits per heavy atom. The molecule has 1 aromatic rings. The van der Waals surface area contributed by atoms with Crippen molar-refractivity contribution in [1.82, 2.24) is 0 Å². The summed E-state index contributed by atoms with van der Waals surface area (Å²) < 4.78 is 0. The molecule has 1 aromatic carbocycles. The maximum atomic E-state index is 9.28. The van der Waals surface area contributed by atoms with Gasteiger partial charge in [0.05, 0.1) is 18.0 Å². The molecule has 0 saturated carbocycles. The number of aliphatic hydroxyl groups excluding tert-OH is 1. The molecule has 4 heteroatoms. The monoisotopic (exact) mass is 209 g/mol. The van der Waals surface area contributed by atoms with Crippen LogP contribution in [0.15, 0.2) is 6.07 Å². The van der Waals surface area contributed by atoms with E-state index in [2.05, 4.69) is 16.0 Å². The summed E-state index contributed by atoms with van der Waals surface area (Å²) in [4.78, 5) is 0. The standard InChI is InChI=1S/C11H19N3O/c1-7-9(12-2)5-8(6-15)11(14-4)10(7)13-3/h5,12-15H,6H2,1-4H3. The van der Waals surface area contributed by atoms with Crippen molar-refractivity contribution in [2.45, 2.75) is 13.5 Å². The van der Waals surface area contributed by atoms with Gasteiger partial charge in [-0.3, -0.25) is 0 Å². The summed E-state index contributed by atoms with van der Waals surface area (Å²) in [5.41, 5.74) is 5.03. The Bertz CT molecular complexity index is 350. The molecule has 0 fully saturated rings. The lowest BCUT2D eigenvalue weighted by Gasteiger charge is -2.19. The number of hydrogen-bond acceptors (Lipinski definition) is 4. The third kappa shape index (κ3) is 1.99. The fourth-order valence-corrected chi connectivity index (χ4v) is 1.82. The third-order valence-electron chi connectivity index (χ3n) is 2.61. The largest absolute Gasteiger partial charge is 0.392 e. The van der Waals surface area contributed by atoms with Gasteiger partial charge in [-0.15, -0.1) is 0 Å². The minimum absolute atomic E-state index is 0.0276. The van der Waals surface area contributed by atoms with Crippen LogP contribution in [0.3, 0.4) is 0 Å². The van der Waals surface area contributed by atoms with Crippen molar-refractivity contribution in [3.05, 3.63) is 17.2 Å². The molecule has 0 unspecified atom stereocenters. The van der Waals surface area contributed by atoms with E-state index in [1.165, 1.54) is 0 Å². The number of aliphatic hydroxyl groups is 1. The number of anilines is 3. The van der Waals surface area contributed by atoms with Crippen LogP contribution in [0.4, 0.5) is 17.1 Å². The van der Waals surface area contributed by atoms with Crippen LogP contribution in [0.1, 0.15) is 11.1 Å². The number of hydrogen-bond donors (Lipinski definition) is 4. The van der Waals surface area contributed by atoms with Gasteiger partial charge >= 0.3 is 0 Å². The van der Waals surface area contributed by atoms with Gasteiger partial charge in [0.2, 0.25) is 0 Å². The Labute approximate surface area is 90.7 Å². The van der Waals surface area contributed by atoms with Crippen molar-refractivity contribution < 1.29 is 5.11 Å². The molecule has 0 aromatic heterocycles. The van der Waals surface area contributed by atoms with Gasteiger partial charge in [0.1, 0.15) is 0 Å². The lowest BCUT2D eigenvalue weighted by atomic mass is 10.0. The van der Waals surface area contributed by atoms with Crippen LogP contribution in [0.2, 0.25) is 0 Å². The number of benzene rings is 1. The predicted molar refractivity (Wildman–Crippen MR) is 65.7 cm³/mol. The highest BCUT2D eigenvalue weighted by Crippen LogP contribution is 2.34. The van der Waals surface area contributed by atoms with Crippen molar-refractivity contribution in [3.63, 3.8) is 0 Å². The Balaban J connectivity index is 3.43. The van der Waals surface area contributed by atoms with Gasteiger partial charge in [-0.05, 0) is 18.6 Å². The lowest BCUT2D eigenvalue weighted by Crippen LogP contribution is -2.06. The second-order valence-corrected chi connectivity index (χ2v) is 3.37. The lowest BCUT2D eigenvalue weighted by molar-refractivity contribution is 0.282. The van der Waals surface area contributed by atoms with E-state index in [4.69, 9.17) is 0 Å². The molecule has 4 N–H and O–H groups in total. The Kier molecular flexibility index (Phi) is 3.80. The fourth-order valence-electron chi connectivity index (χ4n) is 1.82. The maximum Gasteiger partial charge on any atom is 0.0703 e. The summed E-state index contributed by atoms with van der Waals surface area (Å²) in [6.45, 7) is 2.07. The molecule has 15 heavy (non-hydrogen) atoms. The van der Waals surface area contributed by atoms with Gasteiger partial charge in [0.15, 0.2) is 0 Å². The van der Waals surface area contributed by atoms with E-state index in [1.54, 1.807) is 0 Å². The van der Waals surface area contributed by atoms with Crippen molar-refractivity contribution in [2.75, 3.05) is 37.1 Å². The smallest absolute Gasteiger partial charge is 0.0703 e. The zero-order valence-electron chi connectivity index (χ0n) is 9.73. The maximum absolute atomic E-state index is 9.28. The van der Waals surface area contributed by atoms with Gasteiger partial charge in [-0.2, -0.15) is 0 Å². The summed E-state index contributed by atoms with van der Waals surface area (Å²) in [6.07, 6.45) is 0. The Morgan fingerprint density at radius 2 is 1.67 bits per heavy atom. The third-order valence-corrected chi connectivity index (χ3v) is 2.61. The van der Waals surface area contributed by atoms with Crippen molar-refractivity contribution in [1.29, 1.82) is 0 Å². The molecule has 0 radical (unpaired) electrons. The minimum Gasteiger partial charge on any atom is -0.392 e. The summed E-state index contributed by atoms with van der Waals surface area (Å²) in [7, 11) is 5.61. The van der Waals surface area contributed by atoms with Crippen LogP contribution in [0, 0.1) is 6.92 Å². The molecule has 1 rings (SSSR count). The molecule has 0 saturated heterocycles. The highest BCUT2D eigenvalue weighted by molar-refractivity contribution is 5.81. The van der Waals surface area contributed by atoms with Gasteiger partial charge in [-0.25, -0.2) is 0 Å². The summed E-state index contributed by atoms with van der Waals surface area (Å²) >= 11 is 0. The van der Waals surface area contributed by atoms with E-state index < -0.39 is 0 Å². The van der Waals surface area contributed by atoms with E-state index in [9.17, 15) is 5.11 Å². The zero-order valence-corrected chi connectivity index (χ0v) is 9.73. The molecule has 0 amide bonds. The van der Waals surface area contributed by atoms with Crippen molar-refractivity contribution in [2.24, 2.45) is 0 Å². The average molecular weight is 209 g/mol. The first kappa shape index (κ1) is 11.7. The highest BCUT2D eigenvalue weighted by Gasteiger charge is 2.12. The minimum atomic E-state index is 0.0276. The van der Waals surface area contributed by atoms with E-state index in [0.717, 1.165) is 28.2 Å². The first-order valence-electron chi connectivity index (χ1n) is 5.00. The normalized spacial score (nSPS) is 9.93. The second kappa shape index (κ2) is 4.89. The SMILES string of the molecule is CNc1cc(CO)c(NC)c(NC)c1C. The Morgan fingerprint density at radius 3 is 2.07 bits per heavy atom. The van der Waals surface area contributed by atoms with Crippen LogP contribution >= 0.6 is 0 Å². The van der Waals surface area contributed by atoms with Gasteiger partial charge < -0.3 is 21.1 Å². The second-order valence-electron chi connectivity index (χ2n) is 3.37. The highest BCUT2D eigenvalue weighted by atomic mass is 16.3. The molecule has 4 nitrogen and oxygen atoms in total. The zero-order chi connectivity index (χ0) is 11.4. The molecule has 0 atom stereocenters. The van der Waals surface area contributed by atoms with Gasteiger partial charge in [0, 0.05) is 32.4 Å². The first-order valence-corrected chi connectivity index (χ1v) is 5.00. The van der Waals surface area contributed by atoms with Gasteiger partial charge in [0.25, 0.3) is 0 Å². The molecule has 0 bridgehead atoms. The predicted octanol–water partition coefficient (Wildman–Crippen LogP) is 1.61. The van der Waals surface area contributed by atoms with E-state index in [1.807, 2.05) is 34.1 Å². The van der Waals surface area contributed by atoms with Crippen molar-refractivity contribution in [3.8, 4) is 0 Å². The molecule has 0 aliphatic heterocycles. The molecule has 0 aliphatic carbocycles. The molecule has 0 spiro atoms. The van der Waals surface area contributed by atoms with Gasteiger partial charge in [-0.1, -0.05) is 0 Å². The average Bonchev–Trinajstić information content (AvgIpc) is 2.28. The van der Waals surface area contributed by atoms with E-state index in [0.29, 0.717) is 0 Å². The summed E-state index contributed by atoms with van der Waals surface area (Å²) in [5.74, 6) is 0. The topological polar surface area (TPSA) is 56.3 Å². The van der Waals surface area contributed by atoms with Crippen LogP contribution in [0.25, 0.3) is 0 Å². The Hall–Kier alpha value is -1.42. The van der Waals surface area contributed by atoms with Crippen molar-refractivity contribution >= 4 is 17.1 Å². The quantitative estimate of drug-likeness (QED) is 0.608. The molecule has 0 heterocycles. The van der Waals surface area contributed by atoms with Crippen LogP contribution in [-0.2, 0) is 6.61 Å². The summed E-state index contributed by atoms with van der Waals surface area (Å²) in [5, 5.41) is 18.7. The van der Waals surface area contributed by atoms with Crippen LogP contribution in [0.5, 0.6) is 0 Å².